The molecular formula is C27H27FN6OS. The third-order valence-electron chi connectivity index (χ3n) is 5.34. The fourth-order valence-corrected chi connectivity index (χ4v) is 4.35. The Morgan fingerprint density at radius 2 is 2.03 bits per heavy atom. The molecule has 0 atom stereocenters. The molecule has 2 aromatic carbocycles. The first-order valence-electron chi connectivity index (χ1n) is 11.6. The fraction of sp³-hybridized carbons (Fsp3) is 0.222. The van der Waals surface area contributed by atoms with E-state index in [1.807, 2.05) is 35.3 Å². The van der Waals surface area contributed by atoms with E-state index in [-0.39, 0.29) is 11.7 Å². The van der Waals surface area contributed by atoms with Crippen molar-refractivity contribution in [1.82, 2.24) is 25.3 Å². The molecule has 0 unspecified atom stereocenters. The number of amides is 1. The second-order valence-corrected chi connectivity index (χ2v) is 9.10. The molecule has 0 aliphatic heterocycles. The molecule has 0 saturated heterocycles. The highest BCUT2D eigenvalue weighted by atomic mass is 32.2. The SMILES string of the molecule is NCCn1ccc(CSc2ccc(C(=O)NCCCc3cn[nH]c3)cc2C#Cc2ccc(F)cc2)n1. The van der Waals surface area contributed by atoms with E-state index in [1.165, 1.54) is 12.1 Å². The Hall–Kier alpha value is -3.87. The molecule has 2 heterocycles. The zero-order chi connectivity index (χ0) is 25.2. The molecule has 0 aliphatic rings. The summed E-state index contributed by atoms with van der Waals surface area (Å²) in [7, 11) is 0. The Morgan fingerprint density at radius 3 is 2.81 bits per heavy atom. The van der Waals surface area contributed by atoms with E-state index >= 15 is 0 Å². The van der Waals surface area contributed by atoms with Gasteiger partial charge in [0.25, 0.3) is 5.91 Å². The first-order chi connectivity index (χ1) is 17.6. The van der Waals surface area contributed by atoms with Gasteiger partial charge < -0.3 is 11.1 Å². The van der Waals surface area contributed by atoms with E-state index in [0.717, 1.165) is 34.6 Å². The molecule has 4 aromatic rings. The number of thioether (sulfide) groups is 1. The van der Waals surface area contributed by atoms with Gasteiger partial charge in [-0.2, -0.15) is 10.2 Å². The number of nitrogens with two attached hydrogens (primary N) is 1. The summed E-state index contributed by atoms with van der Waals surface area (Å²) in [5.74, 6) is 6.44. The minimum absolute atomic E-state index is 0.149. The van der Waals surface area contributed by atoms with Crippen LogP contribution in [0, 0.1) is 17.7 Å². The number of nitrogens with one attached hydrogen (secondary N) is 2. The third kappa shape index (κ3) is 7.31. The predicted molar refractivity (Wildman–Crippen MR) is 139 cm³/mol. The number of hydrogen-bond donors (Lipinski definition) is 3. The van der Waals surface area contributed by atoms with Gasteiger partial charge >= 0.3 is 0 Å². The number of benzene rings is 2. The van der Waals surface area contributed by atoms with Crippen LogP contribution in [0.4, 0.5) is 4.39 Å². The number of nitrogens with zero attached hydrogens (tertiary/aromatic N) is 3. The van der Waals surface area contributed by atoms with Gasteiger partial charge in [0.1, 0.15) is 5.82 Å². The lowest BCUT2D eigenvalue weighted by Gasteiger charge is -2.08. The molecular weight excluding hydrogens is 475 g/mol. The number of aromatic amines is 1. The molecule has 1 amide bonds. The van der Waals surface area contributed by atoms with Gasteiger partial charge in [-0.05, 0) is 66.9 Å². The maximum atomic E-state index is 13.3. The Morgan fingerprint density at radius 1 is 1.17 bits per heavy atom. The summed E-state index contributed by atoms with van der Waals surface area (Å²) >= 11 is 1.60. The lowest BCUT2D eigenvalue weighted by atomic mass is 10.1. The fourth-order valence-electron chi connectivity index (χ4n) is 3.47. The number of halogens is 1. The highest BCUT2D eigenvalue weighted by Gasteiger charge is 2.10. The van der Waals surface area contributed by atoms with Gasteiger partial charge in [-0.25, -0.2) is 4.39 Å². The lowest BCUT2D eigenvalue weighted by Crippen LogP contribution is -2.24. The van der Waals surface area contributed by atoms with Crippen LogP contribution in [0.3, 0.4) is 0 Å². The maximum absolute atomic E-state index is 13.3. The molecule has 2 aromatic heterocycles. The van der Waals surface area contributed by atoms with E-state index in [1.54, 1.807) is 36.2 Å². The van der Waals surface area contributed by atoms with Gasteiger partial charge in [-0.15, -0.1) is 11.8 Å². The van der Waals surface area contributed by atoms with Crippen LogP contribution in [0.2, 0.25) is 0 Å². The van der Waals surface area contributed by atoms with Crippen LogP contribution in [-0.2, 0) is 18.7 Å². The summed E-state index contributed by atoms with van der Waals surface area (Å²) in [5.41, 5.74) is 9.62. The molecule has 0 fully saturated rings. The summed E-state index contributed by atoms with van der Waals surface area (Å²) in [4.78, 5) is 13.7. The average molecular weight is 503 g/mol. The summed E-state index contributed by atoms with van der Waals surface area (Å²) in [6.07, 6.45) is 7.20. The highest BCUT2D eigenvalue weighted by Crippen LogP contribution is 2.26. The summed E-state index contributed by atoms with van der Waals surface area (Å²) in [6, 6.07) is 13.5. The van der Waals surface area contributed by atoms with E-state index < -0.39 is 0 Å². The zero-order valence-corrected chi connectivity index (χ0v) is 20.5. The maximum Gasteiger partial charge on any atom is 0.251 e. The largest absolute Gasteiger partial charge is 0.352 e. The first kappa shape index (κ1) is 25.2. The van der Waals surface area contributed by atoms with Gasteiger partial charge in [0.15, 0.2) is 0 Å². The van der Waals surface area contributed by atoms with Crippen LogP contribution in [0.15, 0.2) is 72.0 Å². The normalized spacial score (nSPS) is 10.6. The van der Waals surface area contributed by atoms with E-state index in [4.69, 9.17) is 5.73 Å². The quantitative estimate of drug-likeness (QED) is 0.174. The van der Waals surface area contributed by atoms with E-state index in [2.05, 4.69) is 32.5 Å². The van der Waals surface area contributed by atoms with E-state index in [9.17, 15) is 9.18 Å². The van der Waals surface area contributed by atoms with Crippen molar-refractivity contribution in [3.63, 3.8) is 0 Å². The van der Waals surface area contributed by atoms with Crippen LogP contribution in [0.25, 0.3) is 0 Å². The van der Waals surface area contributed by atoms with Crippen molar-refractivity contribution in [2.75, 3.05) is 13.1 Å². The molecule has 7 nitrogen and oxygen atoms in total. The van der Waals surface area contributed by atoms with Gasteiger partial charge in [-0.1, -0.05) is 11.8 Å². The first-order valence-corrected chi connectivity index (χ1v) is 12.6. The highest BCUT2D eigenvalue weighted by molar-refractivity contribution is 7.98. The molecule has 4 N–H and O–H groups in total. The van der Waals surface area contributed by atoms with Gasteiger partial charge in [0, 0.05) is 52.8 Å². The topological polar surface area (TPSA) is 102 Å². The molecule has 36 heavy (non-hydrogen) atoms. The van der Waals surface area contributed by atoms with Gasteiger partial charge in [0.2, 0.25) is 0 Å². The number of rotatable bonds is 10. The van der Waals surface area contributed by atoms with Crippen molar-refractivity contribution in [2.24, 2.45) is 5.73 Å². The molecule has 0 saturated carbocycles. The number of aryl methyl sites for hydroxylation is 1. The zero-order valence-electron chi connectivity index (χ0n) is 19.7. The molecule has 0 spiro atoms. The predicted octanol–water partition coefficient (Wildman–Crippen LogP) is 3.76. The molecule has 0 aliphatic carbocycles. The number of H-pyrrole nitrogens is 1. The molecule has 0 bridgehead atoms. The third-order valence-corrected chi connectivity index (χ3v) is 6.45. The smallest absolute Gasteiger partial charge is 0.251 e. The van der Waals surface area contributed by atoms with Crippen molar-refractivity contribution in [1.29, 1.82) is 0 Å². The van der Waals surface area contributed by atoms with Crippen LogP contribution < -0.4 is 11.1 Å². The Balaban J connectivity index is 1.47. The van der Waals surface area contributed by atoms with Crippen LogP contribution >= 0.6 is 11.8 Å². The summed E-state index contributed by atoms with van der Waals surface area (Å²) in [5, 5.41) is 14.2. The van der Waals surface area contributed by atoms with Crippen molar-refractivity contribution < 1.29 is 9.18 Å². The molecule has 184 valence electrons. The Kier molecular flexibility index (Phi) is 8.92. The number of aromatic nitrogens is 4. The van der Waals surface area contributed by atoms with Gasteiger partial charge in [-0.3, -0.25) is 14.6 Å². The standard InChI is InChI=1S/C27H27FN6OS/c28-24-8-4-20(5-9-24)3-6-22-16-23(27(35)30-13-1-2-21-17-31-32-18-21)7-10-26(22)36-19-25-11-14-34(33-25)15-12-29/h4-5,7-11,14,16-18H,1-2,12-13,15,19,29H2,(H,30,35)(H,31,32). The van der Waals surface area contributed by atoms with Crippen molar-refractivity contribution in [3.8, 4) is 11.8 Å². The van der Waals surface area contributed by atoms with Crippen LogP contribution in [-0.4, -0.2) is 39.0 Å². The Bertz CT molecular complexity index is 1340. The van der Waals surface area contributed by atoms with Crippen LogP contribution in [0.1, 0.15) is 39.2 Å². The summed E-state index contributed by atoms with van der Waals surface area (Å²) < 4.78 is 15.1. The van der Waals surface area contributed by atoms with E-state index in [0.29, 0.717) is 36.5 Å². The average Bonchev–Trinajstić information content (AvgIpc) is 3.58. The number of carbonyl (C=O) groups excluding carboxylic acids is 1. The molecule has 4 rings (SSSR count). The molecule has 0 radical (unpaired) electrons. The van der Waals surface area contributed by atoms with Crippen molar-refractivity contribution >= 4 is 17.7 Å². The lowest BCUT2D eigenvalue weighted by molar-refractivity contribution is 0.0953. The minimum atomic E-state index is -0.308. The number of hydrogen-bond acceptors (Lipinski definition) is 5. The second kappa shape index (κ2) is 12.7. The molecule has 9 heteroatoms. The van der Waals surface area contributed by atoms with Crippen LogP contribution in [0.5, 0.6) is 0 Å². The minimum Gasteiger partial charge on any atom is -0.352 e. The van der Waals surface area contributed by atoms with Crippen molar-refractivity contribution in [2.45, 2.75) is 30.0 Å². The second-order valence-electron chi connectivity index (χ2n) is 8.08. The monoisotopic (exact) mass is 502 g/mol. The Labute approximate surface area is 213 Å². The number of carbonyl (C=O) groups is 1. The van der Waals surface area contributed by atoms with Gasteiger partial charge in [0.05, 0.1) is 18.4 Å². The van der Waals surface area contributed by atoms with Crippen molar-refractivity contribution in [3.05, 3.63) is 101 Å². The summed E-state index contributed by atoms with van der Waals surface area (Å²) in [6.45, 7) is 1.76.